The number of rotatable bonds is 2. The lowest BCUT2D eigenvalue weighted by atomic mass is 10.2. The second kappa shape index (κ2) is 3.67. The third kappa shape index (κ3) is 1.75. The molecule has 4 N–H and O–H groups in total. The molecule has 0 saturated heterocycles. The second-order valence-electron chi connectivity index (χ2n) is 3.24. The summed E-state index contributed by atoms with van der Waals surface area (Å²) >= 11 is 3.39. The van der Waals surface area contributed by atoms with E-state index in [2.05, 4.69) is 20.9 Å². The zero-order valence-electron chi connectivity index (χ0n) is 7.70. The molecular formula is C10H9BrN2O2. The van der Waals surface area contributed by atoms with Crippen molar-refractivity contribution >= 4 is 32.8 Å². The number of aromatic nitrogens is 1. The van der Waals surface area contributed by atoms with Gasteiger partial charge in [-0.05, 0) is 18.2 Å². The Bertz CT molecular complexity index is 521. The van der Waals surface area contributed by atoms with Crippen molar-refractivity contribution in [3.8, 4) is 0 Å². The Morgan fingerprint density at radius 3 is 2.87 bits per heavy atom. The molecule has 0 aliphatic heterocycles. The average molecular weight is 269 g/mol. The first-order valence-corrected chi connectivity index (χ1v) is 5.14. The minimum absolute atomic E-state index is 0.504. The predicted octanol–water partition coefficient (Wildman–Crippen LogP) is 2.01. The summed E-state index contributed by atoms with van der Waals surface area (Å²) in [5.74, 6) is -1.04. The highest BCUT2D eigenvalue weighted by Crippen LogP contribution is 2.26. The summed E-state index contributed by atoms with van der Waals surface area (Å²) < 4.78 is 0.917. The molecule has 1 atom stereocenters. The van der Waals surface area contributed by atoms with Gasteiger partial charge in [0.2, 0.25) is 0 Å². The van der Waals surface area contributed by atoms with Gasteiger partial charge in [-0.3, -0.25) is 4.79 Å². The maximum Gasteiger partial charge on any atom is 0.326 e. The molecule has 1 aromatic heterocycles. The summed E-state index contributed by atoms with van der Waals surface area (Å²) in [6.07, 6.45) is 0. The quantitative estimate of drug-likeness (QED) is 0.780. The summed E-state index contributed by atoms with van der Waals surface area (Å²) in [5, 5.41) is 9.71. The molecule has 0 fully saturated rings. The molecular weight excluding hydrogens is 260 g/mol. The standard InChI is InChI=1S/C10H9BrN2O2/c11-6-2-1-3-7-5(6)4-8(13-7)9(12)10(14)15/h1-4,9,13H,12H2,(H,14,15). The fourth-order valence-electron chi connectivity index (χ4n) is 1.44. The van der Waals surface area contributed by atoms with Gasteiger partial charge in [0.25, 0.3) is 0 Å². The number of benzene rings is 1. The Morgan fingerprint density at radius 1 is 1.53 bits per heavy atom. The van der Waals surface area contributed by atoms with Crippen LogP contribution in [0.1, 0.15) is 11.7 Å². The molecule has 15 heavy (non-hydrogen) atoms. The van der Waals surface area contributed by atoms with Gasteiger partial charge in [-0.25, -0.2) is 0 Å². The van der Waals surface area contributed by atoms with Gasteiger partial charge in [-0.2, -0.15) is 0 Å². The largest absolute Gasteiger partial charge is 0.480 e. The topological polar surface area (TPSA) is 79.1 Å². The molecule has 78 valence electrons. The Morgan fingerprint density at radius 2 is 2.27 bits per heavy atom. The van der Waals surface area contributed by atoms with Crippen LogP contribution in [0.4, 0.5) is 0 Å². The average Bonchev–Trinajstić information content (AvgIpc) is 2.61. The minimum Gasteiger partial charge on any atom is -0.480 e. The van der Waals surface area contributed by atoms with Crippen LogP contribution in [-0.2, 0) is 4.79 Å². The van der Waals surface area contributed by atoms with Crippen molar-refractivity contribution in [2.24, 2.45) is 5.73 Å². The lowest BCUT2D eigenvalue weighted by Crippen LogP contribution is -2.20. The number of carbonyl (C=O) groups is 1. The number of hydrogen-bond donors (Lipinski definition) is 3. The van der Waals surface area contributed by atoms with Gasteiger partial charge < -0.3 is 15.8 Å². The molecule has 0 aliphatic carbocycles. The molecule has 1 heterocycles. The summed E-state index contributed by atoms with van der Waals surface area (Å²) in [7, 11) is 0. The molecule has 2 rings (SSSR count). The van der Waals surface area contributed by atoms with Crippen LogP contribution in [0.15, 0.2) is 28.7 Å². The van der Waals surface area contributed by atoms with E-state index in [1.165, 1.54) is 0 Å². The molecule has 0 spiro atoms. The highest BCUT2D eigenvalue weighted by Gasteiger charge is 2.16. The smallest absolute Gasteiger partial charge is 0.326 e. The third-order valence-corrected chi connectivity index (χ3v) is 2.92. The zero-order chi connectivity index (χ0) is 11.0. The molecule has 4 nitrogen and oxygen atoms in total. The number of fused-ring (bicyclic) bond motifs is 1. The Kier molecular flexibility index (Phi) is 2.50. The van der Waals surface area contributed by atoms with Crippen LogP contribution in [0.25, 0.3) is 10.9 Å². The van der Waals surface area contributed by atoms with Crippen LogP contribution in [0.5, 0.6) is 0 Å². The number of halogens is 1. The number of aromatic amines is 1. The summed E-state index contributed by atoms with van der Waals surface area (Å²) in [6, 6.07) is 6.38. The summed E-state index contributed by atoms with van der Waals surface area (Å²) in [6.45, 7) is 0. The van der Waals surface area contributed by atoms with E-state index < -0.39 is 12.0 Å². The van der Waals surface area contributed by atoms with Crippen molar-refractivity contribution in [1.29, 1.82) is 0 Å². The fourth-order valence-corrected chi connectivity index (χ4v) is 1.92. The minimum atomic E-state index is -1.04. The maximum atomic E-state index is 10.7. The van der Waals surface area contributed by atoms with Gasteiger partial charge in [0.15, 0.2) is 0 Å². The van der Waals surface area contributed by atoms with Crippen LogP contribution in [-0.4, -0.2) is 16.1 Å². The molecule has 0 radical (unpaired) electrons. The van der Waals surface area contributed by atoms with Gasteiger partial charge in [0, 0.05) is 21.1 Å². The van der Waals surface area contributed by atoms with E-state index in [0.29, 0.717) is 5.69 Å². The Labute approximate surface area is 94.2 Å². The maximum absolute atomic E-state index is 10.7. The van der Waals surface area contributed by atoms with Crippen molar-refractivity contribution in [2.45, 2.75) is 6.04 Å². The van der Waals surface area contributed by atoms with E-state index in [4.69, 9.17) is 10.8 Å². The first kappa shape index (κ1) is 10.2. The van der Waals surface area contributed by atoms with Gasteiger partial charge in [-0.1, -0.05) is 22.0 Å². The van der Waals surface area contributed by atoms with Crippen LogP contribution >= 0.6 is 15.9 Å². The van der Waals surface area contributed by atoms with Crippen molar-refractivity contribution in [3.05, 3.63) is 34.4 Å². The van der Waals surface area contributed by atoms with Crippen molar-refractivity contribution in [2.75, 3.05) is 0 Å². The molecule has 0 aliphatic rings. The van der Waals surface area contributed by atoms with Crippen molar-refractivity contribution in [3.63, 3.8) is 0 Å². The normalized spacial score (nSPS) is 12.9. The molecule has 5 heteroatoms. The monoisotopic (exact) mass is 268 g/mol. The number of H-pyrrole nitrogens is 1. The predicted molar refractivity (Wildman–Crippen MR) is 60.6 cm³/mol. The van der Waals surface area contributed by atoms with Crippen LogP contribution in [0.3, 0.4) is 0 Å². The van der Waals surface area contributed by atoms with E-state index in [9.17, 15) is 4.79 Å². The number of hydrogen-bond acceptors (Lipinski definition) is 2. The molecule has 0 bridgehead atoms. The zero-order valence-corrected chi connectivity index (χ0v) is 9.28. The lowest BCUT2D eigenvalue weighted by Gasteiger charge is -2.01. The van der Waals surface area contributed by atoms with E-state index in [-0.39, 0.29) is 0 Å². The molecule has 0 saturated carbocycles. The fraction of sp³-hybridized carbons (Fsp3) is 0.100. The number of aliphatic carboxylic acids is 1. The Hall–Kier alpha value is -1.33. The molecule has 1 aromatic carbocycles. The second-order valence-corrected chi connectivity index (χ2v) is 4.10. The highest BCUT2D eigenvalue weighted by molar-refractivity contribution is 9.10. The van der Waals surface area contributed by atoms with Gasteiger partial charge in [0.05, 0.1) is 0 Å². The number of carboxylic acids is 1. The van der Waals surface area contributed by atoms with Crippen molar-refractivity contribution in [1.82, 2.24) is 4.98 Å². The van der Waals surface area contributed by atoms with Crippen LogP contribution in [0, 0.1) is 0 Å². The SMILES string of the molecule is NC(C(=O)O)c1cc2c(Br)cccc2[nH]1. The summed E-state index contributed by atoms with van der Waals surface area (Å²) in [4.78, 5) is 13.7. The van der Waals surface area contributed by atoms with Gasteiger partial charge in [-0.15, -0.1) is 0 Å². The van der Waals surface area contributed by atoms with E-state index in [0.717, 1.165) is 15.4 Å². The molecule has 0 amide bonds. The first-order valence-electron chi connectivity index (χ1n) is 4.35. The Balaban J connectivity index is 2.56. The van der Waals surface area contributed by atoms with Crippen molar-refractivity contribution < 1.29 is 9.90 Å². The number of carboxylic acid groups (broad SMARTS) is 1. The highest BCUT2D eigenvalue weighted by atomic mass is 79.9. The van der Waals surface area contributed by atoms with Gasteiger partial charge in [0.1, 0.15) is 6.04 Å². The van der Waals surface area contributed by atoms with E-state index in [1.807, 2.05) is 18.2 Å². The number of nitrogens with two attached hydrogens (primary N) is 1. The lowest BCUT2D eigenvalue weighted by molar-refractivity contribution is -0.138. The summed E-state index contributed by atoms with van der Waals surface area (Å²) in [5.41, 5.74) is 6.88. The van der Waals surface area contributed by atoms with E-state index >= 15 is 0 Å². The van der Waals surface area contributed by atoms with Crippen LogP contribution in [0.2, 0.25) is 0 Å². The third-order valence-electron chi connectivity index (χ3n) is 2.23. The number of nitrogens with one attached hydrogen (secondary N) is 1. The molecule has 1 unspecified atom stereocenters. The van der Waals surface area contributed by atoms with Crippen LogP contribution < -0.4 is 5.73 Å². The van der Waals surface area contributed by atoms with E-state index in [1.54, 1.807) is 6.07 Å². The van der Waals surface area contributed by atoms with Gasteiger partial charge >= 0.3 is 5.97 Å². The first-order chi connectivity index (χ1) is 7.09. The molecule has 2 aromatic rings.